The van der Waals surface area contributed by atoms with Crippen LogP contribution in [0.3, 0.4) is 0 Å². The summed E-state index contributed by atoms with van der Waals surface area (Å²) in [6.45, 7) is 9.50. The van der Waals surface area contributed by atoms with E-state index >= 15 is 0 Å². The van der Waals surface area contributed by atoms with E-state index in [1.165, 1.54) is 6.26 Å². The van der Waals surface area contributed by atoms with Gasteiger partial charge < -0.3 is 33.2 Å². The summed E-state index contributed by atoms with van der Waals surface area (Å²) in [6, 6.07) is 6.93. The average Bonchev–Trinajstić information content (AvgIpc) is 2.75. The van der Waals surface area contributed by atoms with Crippen molar-refractivity contribution in [1.29, 1.82) is 0 Å². The SMILES string of the molecule is C=COCCOCCOCCOCCOCCOCCOc1ccc(C=O)cc1. The molecule has 0 atom stereocenters. The first kappa shape index (κ1) is 25.1. The van der Waals surface area contributed by atoms with Gasteiger partial charge in [0.05, 0.1) is 72.3 Å². The molecule has 0 bridgehead atoms. The van der Waals surface area contributed by atoms with E-state index in [1.54, 1.807) is 24.3 Å². The van der Waals surface area contributed by atoms with Crippen LogP contribution in [0.15, 0.2) is 37.1 Å². The predicted molar refractivity (Wildman–Crippen MR) is 108 cm³/mol. The molecule has 0 heterocycles. The van der Waals surface area contributed by atoms with Gasteiger partial charge in [0.1, 0.15) is 25.2 Å². The molecule has 8 heteroatoms. The zero-order valence-corrected chi connectivity index (χ0v) is 16.9. The molecule has 8 nitrogen and oxygen atoms in total. The van der Waals surface area contributed by atoms with Crippen molar-refractivity contribution in [3.63, 3.8) is 0 Å². The lowest BCUT2D eigenvalue weighted by Gasteiger charge is -2.09. The summed E-state index contributed by atoms with van der Waals surface area (Å²) in [4.78, 5) is 10.6. The normalized spacial score (nSPS) is 10.6. The van der Waals surface area contributed by atoms with Crippen molar-refractivity contribution in [1.82, 2.24) is 0 Å². The number of carbonyl (C=O) groups excluding carboxylic acids is 1. The highest BCUT2D eigenvalue weighted by molar-refractivity contribution is 5.74. The number of aldehydes is 1. The van der Waals surface area contributed by atoms with E-state index in [0.29, 0.717) is 90.6 Å². The minimum absolute atomic E-state index is 0.442. The number of rotatable bonds is 21. The van der Waals surface area contributed by atoms with Crippen LogP contribution in [-0.2, 0) is 28.4 Å². The largest absolute Gasteiger partial charge is 0.499 e. The fourth-order valence-corrected chi connectivity index (χ4v) is 2.03. The first-order chi connectivity index (χ1) is 14.4. The Labute approximate surface area is 172 Å². The van der Waals surface area contributed by atoms with Crippen molar-refractivity contribution in [2.45, 2.75) is 0 Å². The molecule has 0 radical (unpaired) electrons. The Kier molecular flexibility index (Phi) is 16.7. The first-order valence-electron chi connectivity index (χ1n) is 9.66. The van der Waals surface area contributed by atoms with Crippen molar-refractivity contribution >= 4 is 6.29 Å². The molecular weight excluding hydrogens is 380 g/mol. The van der Waals surface area contributed by atoms with Crippen LogP contribution < -0.4 is 4.74 Å². The van der Waals surface area contributed by atoms with Gasteiger partial charge in [-0.25, -0.2) is 0 Å². The molecular formula is C21H32O8. The highest BCUT2D eigenvalue weighted by Gasteiger charge is 1.96. The summed E-state index contributed by atoms with van der Waals surface area (Å²) >= 11 is 0. The van der Waals surface area contributed by atoms with Crippen LogP contribution in [0.1, 0.15) is 10.4 Å². The molecule has 1 aromatic rings. The summed E-state index contributed by atoms with van der Waals surface area (Å²) in [7, 11) is 0. The molecule has 0 aromatic heterocycles. The molecule has 0 saturated heterocycles. The topological polar surface area (TPSA) is 81.7 Å². The molecule has 164 valence electrons. The maximum absolute atomic E-state index is 10.6. The van der Waals surface area contributed by atoms with Crippen LogP contribution >= 0.6 is 0 Å². The number of ether oxygens (including phenoxy) is 7. The van der Waals surface area contributed by atoms with Crippen LogP contribution in [0.4, 0.5) is 0 Å². The standard InChI is InChI=1S/C21H32O8/c1-2-23-7-8-24-9-10-25-11-12-26-13-14-27-15-16-28-17-18-29-21-5-3-20(19-22)4-6-21/h2-6,19H,1,7-18H2. The molecule has 1 rings (SSSR count). The predicted octanol–water partition coefficient (Wildman–Crippen LogP) is 2.12. The summed E-state index contributed by atoms with van der Waals surface area (Å²) in [5.74, 6) is 0.710. The van der Waals surface area contributed by atoms with Crippen molar-refractivity contribution in [3.05, 3.63) is 42.7 Å². The maximum atomic E-state index is 10.6. The van der Waals surface area contributed by atoms with Crippen LogP contribution in [0, 0.1) is 0 Å². The van der Waals surface area contributed by atoms with Gasteiger partial charge in [-0.1, -0.05) is 6.58 Å². The third-order valence-electron chi connectivity index (χ3n) is 3.46. The molecule has 29 heavy (non-hydrogen) atoms. The highest BCUT2D eigenvalue weighted by atomic mass is 16.6. The van der Waals surface area contributed by atoms with Crippen molar-refractivity contribution < 1.29 is 38.0 Å². The fraction of sp³-hybridized carbons (Fsp3) is 0.571. The molecule has 1 aromatic carbocycles. The number of benzene rings is 1. The van der Waals surface area contributed by atoms with Crippen LogP contribution in [-0.4, -0.2) is 85.6 Å². The number of hydrogen-bond donors (Lipinski definition) is 0. The van der Waals surface area contributed by atoms with E-state index in [9.17, 15) is 4.79 Å². The summed E-state index contributed by atoms with van der Waals surface area (Å²) < 4.78 is 37.3. The second kappa shape index (κ2) is 19.4. The highest BCUT2D eigenvalue weighted by Crippen LogP contribution is 2.10. The van der Waals surface area contributed by atoms with Gasteiger partial charge in [-0.15, -0.1) is 0 Å². The van der Waals surface area contributed by atoms with Crippen LogP contribution in [0.25, 0.3) is 0 Å². The Morgan fingerprint density at radius 2 is 1.03 bits per heavy atom. The molecule has 0 saturated carbocycles. The van der Waals surface area contributed by atoms with Gasteiger partial charge in [0.25, 0.3) is 0 Å². The molecule has 0 aliphatic heterocycles. The number of carbonyl (C=O) groups is 1. The lowest BCUT2D eigenvalue weighted by Crippen LogP contribution is -2.14. The lowest BCUT2D eigenvalue weighted by atomic mass is 10.2. The van der Waals surface area contributed by atoms with E-state index in [0.717, 1.165) is 6.29 Å². The van der Waals surface area contributed by atoms with Crippen LogP contribution in [0.2, 0.25) is 0 Å². The zero-order valence-electron chi connectivity index (χ0n) is 16.9. The minimum Gasteiger partial charge on any atom is -0.499 e. The lowest BCUT2D eigenvalue weighted by molar-refractivity contribution is -0.0150. The van der Waals surface area contributed by atoms with E-state index in [2.05, 4.69) is 6.58 Å². The monoisotopic (exact) mass is 412 g/mol. The quantitative estimate of drug-likeness (QED) is 0.173. The van der Waals surface area contributed by atoms with E-state index in [1.807, 2.05) is 0 Å². The smallest absolute Gasteiger partial charge is 0.150 e. The van der Waals surface area contributed by atoms with Crippen molar-refractivity contribution in [2.24, 2.45) is 0 Å². The third kappa shape index (κ3) is 15.6. The first-order valence-corrected chi connectivity index (χ1v) is 9.66. The minimum atomic E-state index is 0.442. The van der Waals surface area contributed by atoms with Gasteiger partial charge in [0.2, 0.25) is 0 Å². The second-order valence-electron chi connectivity index (χ2n) is 5.63. The molecule has 0 aliphatic carbocycles. The Balaban J connectivity index is 1.73. The van der Waals surface area contributed by atoms with E-state index in [-0.39, 0.29) is 0 Å². The Hall–Kier alpha value is -1.97. The molecule has 0 N–H and O–H groups in total. The molecule has 0 fully saturated rings. The van der Waals surface area contributed by atoms with Gasteiger partial charge in [-0.2, -0.15) is 0 Å². The van der Waals surface area contributed by atoms with Gasteiger partial charge in [-0.05, 0) is 24.3 Å². The summed E-state index contributed by atoms with van der Waals surface area (Å²) in [5.41, 5.74) is 0.623. The Bertz CT molecular complexity index is 506. The van der Waals surface area contributed by atoms with Crippen molar-refractivity contribution in [2.75, 3.05) is 79.3 Å². The van der Waals surface area contributed by atoms with Gasteiger partial charge in [0, 0.05) is 5.56 Å². The third-order valence-corrected chi connectivity index (χ3v) is 3.46. The molecule has 0 unspecified atom stereocenters. The molecule has 0 aliphatic rings. The second-order valence-corrected chi connectivity index (χ2v) is 5.63. The molecule has 0 spiro atoms. The van der Waals surface area contributed by atoms with Gasteiger partial charge >= 0.3 is 0 Å². The molecule has 0 amide bonds. The number of hydrogen-bond acceptors (Lipinski definition) is 8. The van der Waals surface area contributed by atoms with Crippen LogP contribution in [0.5, 0.6) is 5.75 Å². The average molecular weight is 412 g/mol. The summed E-state index contributed by atoms with van der Waals surface area (Å²) in [5, 5.41) is 0. The summed E-state index contributed by atoms with van der Waals surface area (Å²) in [6.07, 6.45) is 2.19. The van der Waals surface area contributed by atoms with E-state index in [4.69, 9.17) is 33.2 Å². The van der Waals surface area contributed by atoms with Gasteiger partial charge in [-0.3, -0.25) is 4.79 Å². The maximum Gasteiger partial charge on any atom is 0.150 e. The van der Waals surface area contributed by atoms with Crippen molar-refractivity contribution in [3.8, 4) is 5.75 Å². The Morgan fingerprint density at radius 3 is 1.45 bits per heavy atom. The van der Waals surface area contributed by atoms with Gasteiger partial charge in [0.15, 0.2) is 0 Å². The fourth-order valence-electron chi connectivity index (χ4n) is 2.03. The van der Waals surface area contributed by atoms with E-state index < -0.39 is 0 Å². The Morgan fingerprint density at radius 1 is 0.621 bits per heavy atom. The zero-order chi connectivity index (χ0) is 20.8.